The third kappa shape index (κ3) is 40.0. The smallest absolute Gasteiger partial charge is 0.308 e. The highest BCUT2D eigenvalue weighted by molar-refractivity contribution is 6.36. The minimum absolute atomic E-state index is 0. The van der Waals surface area contributed by atoms with Crippen molar-refractivity contribution in [2.75, 3.05) is 63.8 Å². The highest BCUT2D eigenvalue weighted by Gasteiger charge is 2.27. The van der Waals surface area contributed by atoms with Crippen LogP contribution in [0.25, 0.3) is 0 Å². The van der Waals surface area contributed by atoms with Crippen LogP contribution in [0.3, 0.4) is 0 Å². The number of hydrogen-bond donors (Lipinski definition) is 13. The van der Waals surface area contributed by atoms with Crippen molar-refractivity contribution in [1.29, 1.82) is 0 Å². The Morgan fingerprint density at radius 3 is 0.976 bits per heavy atom. The number of aliphatic hydroxyl groups is 1. The number of nitrogens with two attached hydrogens (primary N) is 3. The van der Waals surface area contributed by atoms with Crippen molar-refractivity contribution >= 4 is 152 Å². The van der Waals surface area contributed by atoms with E-state index in [-0.39, 0.29) is 105 Å². The van der Waals surface area contributed by atoms with Gasteiger partial charge in [0, 0.05) is 95.3 Å². The third-order valence-corrected chi connectivity index (χ3v) is 23.5. The molecule has 12 rings (SSSR count). The lowest BCUT2D eigenvalue weighted by molar-refractivity contribution is -0.149. The summed E-state index contributed by atoms with van der Waals surface area (Å²) in [6.07, 6.45) is 33.0. The molecule has 6 aromatic rings. The van der Waals surface area contributed by atoms with Crippen molar-refractivity contribution in [2.24, 2.45) is 52.9 Å². The molecule has 692 valence electrons. The average Bonchev–Trinajstić information content (AvgIpc) is 0.734. The number of rotatable bonds is 21. The fourth-order valence-corrected chi connectivity index (χ4v) is 15.4. The highest BCUT2D eigenvalue weighted by Crippen LogP contribution is 2.33. The van der Waals surface area contributed by atoms with E-state index in [4.69, 9.17) is 139 Å². The molecule has 6 aliphatic carbocycles. The van der Waals surface area contributed by atoms with Crippen LogP contribution in [0.15, 0.2) is 36.4 Å². The van der Waals surface area contributed by atoms with Crippen LogP contribution in [-0.2, 0) is 46.6 Å². The number of halogens is 8. The fraction of sp³-hybridized carbons (Fsp3) is 0.595. The molecule has 5 amide bonds. The highest BCUT2D eigenvalue weighted by atomic mass is 35.5. The predicted octanol–water partition coefficient (Wildman–Crippen LogP) is 17.7. The Bertz CT molecular complexity index is 4060. The minimum atomic E-state index is -0.0127. The first-order valence-corrected chi connectivity index (χ1v) is 44.6. The van der Waals surface area contributed by atoms with Crippen LogP contribution in [-0.4, -0.2) is 123 Å². The lowest BCUT2D eigenvalue weighted by atomic mass is 9.89. The van der Waals surface area contributed by atoms with Gasteiger partial charge in [0.25, 0.3) is 0 Å². The second-order valence-corrected chi connectivity index (χ2v) is 32.4. The van der Waals surface area contributed by atoms with Crippen LogP contribution in [0.2, 0.25) is 41.6 Å². The lowest BCUT2D eigenvalue weighted by Crippen LogP contribution is -2.36. The van der Waals surface area contributed by atoms with E-state index < -0.39 is 0 Å². The zero-order chi connectivity index (χ0) is 90.8. The summed E-state index contributed by atoms with van der Waals surface area (Å²) in [5.41, 5.74) is 31.0. The number of benzene rings is 2. The van der Waals surface area contributed by atoms with E-state index in [0.29, 0.717) is 92.3 Å². The van der Waals surface area contributed by atoms with Gasteiger partial charge in [-0.2, -0.15) is 15.0 Å². The first-order valence-electron chi connectivity index (χ1n) is 41.6. The van der Waals surface area contributed by atoms with E-state index in [9.17, 15) is 28.8 Å². The molecule has 0 saturated heterocycles. The van der Waals surface area contributed by atoms with Gasteiger partial charge in [-0.05, 0) is 165 Å². The zero-order valence-corrected chi connectivity index (χ0v) is 78.1. The summed E-state index contributed by atoms with van der Waals surface area (Å²) in [6, 6.07) is 11.2. The maximum absolute atomic E-state index is 12.4. The molecule has 4 aromatic heterocycles. The van der Waals surface area contributed by atoms with E-state index in [0.717, 1.165) is 145 Å². The molecule has 6 fully saturated rings. The van der Waals surface area contributed by atoms with Crippen molar-refractivity contribution in [1.82, 2.24) is 67.0 Å². The van der Waals surface area contributed by atoms with E-state index in [1.807, 2.05) is 43.3 Å². The number of carbonyl (C=O) groups is 6. The summed E-state index contributed by atoms with van der Waals surface area (Å²) in [5.74, 6) is 15.4. The molecule has 32 nitrogen and oxygen atoms in total. The predicted molar refractivity (Wildman–Crippen MR) is 492 cm³/mol. The molecular weight excluding hydrogens is 1760 g/mol. The van der Waals surface area contributed by atoms with Gasteiger partial charge in [-0.1, -0.05) is 187 Å². The number of hydrogen-bond acceptors (Lipinski definition) is 27. The minimum Gasteiger partial charge on any atom is -0.497 e. The molecule has 0 radical (unpaired) electrons. The van der Waals surface area contributed by atoms with Gasteiger partial charge < -0.3 is 39.8 Å². The molecule has 4 heterocycles. The summed E-state index contributed by atoms with van der Waals surface area (Å²) in [6.45, 7) is 10.3. The van der Waals surface area contributed by atoms with Gasteiger partial charge in [0.1, 0.15) is 48.8 Å². The molecule has 0 atom stereocenters. The Kier molecular flexibility index (Phi) is 55.4. The standard InChI is InChI=1S/C21H28ClN5O3.2C12H16Cl2N4O.C9H13NO2.C9H16O2.2C7H14N2O.C5H3Cl3N2.CH4O.CH4/c1-13-18(22)24-21(23-12-15-9-10-16(29-2)11-17(15)30-3)25-19(13)26-27-20(28)14-7-5-4-6-8-14;2*1-7-9(13)15-12(14)16-10(7)17-18-11(19)8-5-3-2-4-6-8;1-11-8-4-3-7(6-10)9(5-8)12-2;1-2-11-9(10)8-6-4-3-5-7-8;2*8-9-7(10)6-4-2-1-3-5-6;1-2-3(6)9-5(8)10-4(2)7;1-2;/h9-11,14H,4-8,12H2,1-3H3,(H,27,28)(H2,23,24,25,26);2*8H,2-6H2,1H3,(H,18,19)(H,15,16,17);3-5H,6,10H2,1-2H3;8H,2-7H2,1H3;2*6H,1-5,8H2,(H,9,10);1H3;2H,1H3;1H4. The molecule has 6 saturated carbocycles. The molecule has 16 N–H and O–H groups in total. The van der Waals surface area contributed by atoms with Gasteiger partial charge in [0.05, 0.1) is 41.0 Å². The van der Waals surface area contributed by atoms with Crippen molar-refractivity contribution < 1.29 is 57.6 Å². The van der Waals surface area contributed by atoms with E-state index in [2.05, 4.69) is 88.6 Å². The number of methoxy groups -OCH3 is 4. The van der Waals surface area contributed by atoms with Crippen LogP contribution in [0.5, 0.6) is 23.0 Å². The maximum atomic E-state index is 12.4. The Balaban J connectivity index is 0.000000377. The number of ether oxygens (including phenoxy) is 5. The molecule has 0 spiro atoms. The zero-order valence-electron chi connectivity index (χ0n) is 72.0. The second-order valence-electron chi connectivity index (χ2n) is 29.6. The first kappa shape index (κ1) is 110. The fourth-order valence-electron chi connectivity index (χ4n) is 13.8. The molecule has 2 aromatic carbocycles. The quantitative estimate of drug-likeness (QED) is 0.00795. The second kappa shape index (κ2) is 62.3. The SMILES string of the molecule is C.CCOC(=O)C1CCCCC1.CO.COc1ccc(CN)c(OC)c1.COc1ccc(CNc2nc(Cl)c(C)c(NNC(=O)C3CCCCC3)n2)c(OC)c1.Cc1c(Cl)nc(Cl)nc1Cl.Cc1c(Cl)nc(Cl)nc1NNC(=O)C1CCCCC1.Cc1c(Cl)nc(Cl)nc1NNC(=O)C1CCCCC1.NNC(=O)C1CCCCC1.NNC(=O)C1CCCCC1. The largest absolute Gasteiger partial charge is 0.497 e. The van der Waals surface area contributed by atoms with Crippen molar-refractivity contribution in [2.45, 2.75) is 248 Å². The van der Waals surface area contributed by atoms with E-state index >= 15 is 0 Å². The normalized spacial score (nSPS) is 15.2. The molecule has 0 aliphatic heterocycles. The van der Waals surface area contributed by atoms with E-state index in [1.165, 1.54) is 77.0 Å². The van der Waals surface area contributed by atoms with Crippen LogP contribution >= 0.6 is 92.8 Å². The van der Waals surface area contributed by atoms with Crippen molar-refractivity contribution in [3.8, 4) is 23.0 Å². The lowest BCUT2D eigenvalue weighted by Gasteiger charge is -2.21. The molecule has 6 aliphatic rings. The number of anilines is 4. The van der Waals surface area contributed by atoms with Gasteiger partial charge in [-0.25, -0.2) is 36.6 Å². The molecular formula is C84H128Cl8N20O12. The third-order valence-electron chi connectivity index (χ3n) is 21.2. The maximum Gasteiger partial charge on any atom is 0.308 e. The van der Waals surface area contributed by atoms with Gasteiger partial charge in [-0.3, -0.25) is 72.2 Å². The monoisotopic (exact) mass is 1890 g/mol. The van der Waals surface area contributed by atoms with Crippen LogP contribution in [0, 0.1) is 63.2 Å². The van der Waals surface area contributed by atoms with Gasteiger partial charge in [0.15, 0.2) is 17.5 Å². The van der Waals surface area contributed by atoms with Crippen LogP contribution in [0.4, 0.5) is 23.4 Å². The topological polar surface area (TPSA) is 458 Å². The summed E-state index contributed by atoms with van der Waals surface area (Å²) >= 11 is 46.2. The number of carbonyl (C=O) groups excluding carboxylic acids is 6. The number of nitrogens with one attached hydrogen (secondary N) is 9. The van der Waals surface area contributed by atoms with E-state index in [1.54, 1.807) is 56.1 Å². The molecule has 0 bridgehead atoms. The Morgan fingerprint density at radius 2 is 0.669 bits per heavy atom. The van der Waals surface area contributed by atoms with Gasteiger partial charge >= 0.3 is 5.97 Å². The summed E-state index contributed by atoms with van der Waals surface area (Å²) in [7, 11) is 7.45. The number of nitrogens with zero attached hydrogens (tertiary/aromatic N) is 8. The van der Waals surface area contributed by atoms with Crippen LogP contribution < -0.4 is 85.1 Å². The summed E-state index contributed by atoms with van der Waals surface area (Å²) in [5, 5.41) is 11.8. The summed E-state index contributed by atoms with van der Waals surface area (Å²) in [4.78, 5) is 101. The van der Waals surface area contributed by atoms with Crippen molar-refractivity contribution in [3.05, 3.63) is 111 Å². The molecule has 0 unspecified atom stereocenters. The Morgan fingerprint density at radius 1 is 0.387 bits per heavy atom. The summed E-state index contributed by atoms with van der Waals surface area (Å²) < 4.78 is 25.7. The molecule has 124 heavy (non-hydrogen) atoms. The Labute approximate surface area is 770 Å². The number of aliphatic hydroxyl groups excluding tert-OH is 1. The number of hydrazine groups is 5. The van der Waals surface area contributed by atoms with Crippen LogP contribution in [0.1, 0.15) is 240 Å². The number of esters is 1. The molecule has 40 heteroatoms. The van der Waals surface area contributed by atoms with Gasteiger partial charge in [-0.15, -0.1) is 0 Å². The number of aromatic nitrogens is 8. The van der Waals surface area contributed by atoms with Crippen molar-refractivity contribution in [3.63, 3.8) is 0 Å². The Hall–Kier alpha value is -7.86. The first-order chi connectivity index (χ1) is 59.1. The number of amides is 5. The average molecular weight is 1890 g/mol. The van der Waals surface area contributed by atoms with Gasteiger partial charge in [0.2, 0.25) is 51.3 Å².